The third-order valence-electron chi connectivity index (χ3n) is 2.91. The predicted molar refractivity (Wildman–Crippen MR) is 74.6 cm³/mol. The molecule has 1 aromatic heterocycles. The molecule has 0 amide bonds. The van der Waals surface area contributed by atoms with E-state index in [-0.39, 0.29) is 31.8 Å². The zero-order valence-corrected chi connectivity index (χ0v) is 12.3. The quantitative estimate of drug-likeness (QED) is 0.425. The topological polar surface area (TPSA) is 115 Å². The van der Waals surface area contributed by atoms with Gasteiger partial charge in [-0.15, -0.1) is 0 Å². The van der Waals surface area contributed by atoms with Crippen LogP contribution in [0.4, 0.5) is 5.82 Å². The van der Waals surface area contributed by atoms with Gasteiger partial charge in [-0.2, -0.15) is 4.98 Å². The van der Waals surface area contributed by atoms with Gasteiger partial charge in [0.1, 0.15) is 12.4 Å². The van der Waals surface area contributed by atoms with Crippen molar-refractivity contribution in [3.05, 3.63) is 22.7 Å². The Balaban J connectivity index is 1.74. The van der Waals surface area contributed by atoms with Gasteiger partial charge in [-0.25, -0.2) is 4.79 Å². The summed E-state index contributed by atoms with van der Waals surface area (Å²) in [7, 11) is 0. The van der Waals surface area contributed by atoms with E-state index in [1.54, 1.807) is 0 Å². The number of rotatable bonds is 7. The molecule has 1 saturated heterocycles. The molecule has 9 nitrogen and oxygen atoms in total. The van der Waals surface area contributed by atoms with Gasteiger partial charge in [0.05, 0.1) is 6.61 Å². The molecule has 1 aliphatic heterocycles. The first-order valence-electron chi connectivity index (χ1n) is 6.95. The molecule has 2 rings (SSSR count). The summed E-state index contributed by atoms with van der Waals surface area (Å²) in [5.74, 6) is -0.165. The lowest BCUT2D eigenvalue weighted by Crippen LogP contribution is -2.28. The van der Waals surface area contributed by atoms with Gasteiger partial charge in [0.25, 0.3) is 0 Å². The van der Waals surface area contributed by atoms with Crippen LogP contribution in [-0.2, 0) is 23.7 Å². The summed E-state index contributed by atoms with van der Waals surface area (Å²) >= 11 is 0. The van der Waals surface area contributed by atoms with Crippen LogP contribution in [0.25, 0.3) is 0 Å². The van der Waals surface area contributed by atoms with Gasteiger partial charge in [-0.05, 0) is 12.5 Å². The highest BCUT2D eigenvalue weighted by Gasteiger charge is 2.28. The maximum absolute atomic E-state index is 11.7. The summed E-state index contributed by atoms with van der Waals surface area (Å²) in [5, 5.41) is 0. The van der Waals surface area contributed by atoms with Gasteiger partial charge in [-0.1, -0.05) is 6.92 Å². The second-order valence-corrected chi connectivity index (χ2v) is 4.65. The van der Waals surface area contributed by atoms with Crippen molar-refractivity contribution in [1.82, 2.24) is 9.55 Å². The van der Waals surface area contributed by atoms with E-state index in [9.17, 15) is 9.59 Å². The number of carbonyl (C=O) groups excluding carboxylic acids is 1. The number of ether oxygens (including phenoxy) is 4. The molecule has 1 aliphatic rings. The molecule has 1 fully saturated rings. The zero-order chi connectivity index (χ0) is 15.9. The number of nitrogens with zero attached hydrogens (tertiary/aromatic N) is 2. The van der Waals surface area contributed by atoms with Crippen LogP contribution in [0.5, 0.6) is 0 Å². The molecule has 0 aromatic carbocycles. The minimum atomic E-state index is -0.640. The van der Waals surface area contributed by atoms with Crippen LogP contribution >= 0.6 is 0 Å². The molecule has 0 spiro atoms. The lowest BCUT2D eigenvalue weighted by Gasteiger charge is -2.13. The first-order valence-corrected chi connectivity index (χ1v) is 6.95. The number of nitrogen functional groups attached to an aromatic ring is 1. The summed E-state index contributed by atoms with van der Waals surface area (Å²) in [6.07, 6.45) is 1.35. The Hall–Kier alpha value is -1.97. The van der Waals surface area contributed by atoms with Gasteiger partial charge in [0.15, 0.2) is 19.3 Å². The molecule has 2 N–H and O–H groups in total. The molecule has 0 radical (unpaired) electrons. The first kappa shape index (κ1) is 16.4. The predicted octanol–water partition coefficient (Wildman–Crippen LogP) is 0.0144. The minimum Gasteiger partial charge on any atom is -0.438 e. The number of hydrogen-bond acceptors (Lipinski definition) is 8. The highest BCUT2D eigenvalue weighted by molar-refractivity contribution is 5.69. The standard InChI is InChI=1S/C13H19N3O6/c1-2-3-11(17)21-8-19-7-12-20-6-10(22-12)16-5-4-9(14)15-13(16)18/h4-5,10,12H,2-3,6-8H2,1H3,(H2,14,15,18). The molecule has 2 atom stereocenters. The fourth-order valence-electron chi connectivity index (χ4n) is 1.85. The maximum Gasteiger partial charge on any atom is 0.351 e. The third-order valence-corrected chi connectivity index (χ3v) is 2.91. The van der Waals surface area contributed by atoms with Crippen LogP contribution in [-0.4, -0.2) is 41.8 Å². The maximum atomic E-state index is 11.7. The van der Waals surface area contributed by atoms with E-state index in [2.05, 4.69) is 4.98 Å². The van der Waals surface area contributed by atoms with E-state index < -0.39 is 18.2 Å². The Morgan fingerprint density at radius 1 is 1.59 bits per heavy atom. The van der Waals surface area contributed by atoms with Crippen LogP contribution < -0.4 is 11.4 Å². The summed E-state index contributed by atoms with van der Waals surface area (Å²) in [4.78, 5) is 26.4. The van der Waals surface area contributed by atoms with Crippen molar-refractivity contribution in [2.24, 2.45) is 0 Å². The van der Waals surface area contributed by atoms with Crippen molar-refractivity contribution in [3.63, 3.8) is 0 Å². The molecule has 0 saturated carbocycles. The smallest absolute Gasteiger partial charge is 0.351 e. The minimum absolute atomic E-state index is 0.0903. The van der Waals surface area contributed by atoms with Crippen molar-refractivity contribution in [3.8, 4) is 0 Å². The fraction of sp³-hybridized carbons (Fsp3) is 0.615. The van der Waals surface area contributed by atoms with Crippen LogP contribution in [0, 0.1) is 0 Å². The molecule has 1 aromatic rings. The van der Waals surface area contributed by atoms with Gasteiger partial charge in [-0.3, -0.25) is 9.36 Å². The summed E-state index contributed by atoms with van der Waals surface area (Å²) in [6, 6.07) is 1.50. The number of nitrogens with two attached hydrogens (primary N) is 1. The van der Waals surface area contributed by atoms with E-state index in [1.807, 2.05) is 6.92 Å². The molecule has 0 bridgehead atoms. The van der Waals surface area contributed by atoms with Crippen molar-refractivity contribution in [2.45, 2.75) is 32.3 Å². The molecule has 2 heterocycles. The van der Waals surface area contributed by atoms with E-state index >= 15 is 0 Å². The molecular formula is C13H19N3O6. The third kappa shape index (κ3) is 4.52. The number of esters is 1. The Bertz CT molecular complexity index is 561. The Morgan fingerprint density at radius 2 is 2.41 bits per heavy atom. The monoisotopic (exact) mass is 313 g/mol. The number of anilines is 1. The van der Waals surface area contributed by atoms with Crippen LogP contribution in [0.2, 0.25) is 0 Å². The average molecular weight is 313 g/mol. The van der Waals surface area contributed by atoms with Gasteiger partial charge >= 0.3 is 11.7 Å². The Labute approximate surface area is 126 Å². The normalized spacial score (nSPS) is 21.0. The molecular weight excluding hydrogens is 294 g/mol. The van der Waals surface area contributed by atoms with E-state index in [0.29, 0.717) is 6.42 Å². The highest BCUT2D eigenvalue weighted by atomic mass is 16.8. The summed E-state index contributed by atoms with van der Waals surface area (Å²) < 4.78 is 22.1. The van der Waals surface area contributed by atoms with Crippen LogP contribution in [0.3, 0.4) is 0 Å². The second kappa shape index (κ2) is 7.87. The number of hydrogen-bond donors (Lipinski definition) is 1. The van der Waals surface area contributed by atoms with E-state index in [4.69, 9.17) is 24.7 Å². The molecule has 9 heteroatoms. The highest BCUT2D eigenvalue weighted by Crippen LogP contribution is 2.19. The fourth-order valence-corrected chi connectivity index (χ4v) is 1.85. The van der Waals surface area contributed by atoms with Crippen LogP contribution in [0.15, 0.2) is 17.1 Å². The lowest BCUT2D eigenvalue weighted by atomic mass is 10.3. The molecule has 122 valence electrons. The van der Waals surface area contributed by atoms with E-state index in [0.717, 1.165) is 6.42 Å². The first-order chi connectivity index (χ1) is 10.6. The Morgan fingerprint density at radius 3 is 3.14 bits per heavy atom. The van der Waals surface area contributed by atoms with Crippen LogP contribution in [0.1, 0.15) is 26.0 Å². The zero-order valence-electron chi connectivity index (χ0n) is 12.3. The average Bonchev–Trinajstić information content (AvgIpc) is 2.92. The van der Waals surface area contributed by atoms with Gasteiger partial charge < -0.3 is 24.7 Å². The summed E-state index contributed by atoms with van der Waals surface area (Å²) in [6.45, 7) is 2.01. The van der Waals surface area contributed by atoms with Gasteiger partial charge in [0.2, 0.25) is 0 Å². The van der Waals surface area contributed by atoms with E-state index in [1.165, 1.54) is 16.8 Å². The summed E-state index contributed by atoms with van der Waals surface area (Å²) in [5.41, 5.74) is 4.91. The van der Waals surface area contributed by atoms with Gasteiger partial charge in [0, 0.05) is 12.6 Å². The number of carbonyl (C=O) groups is 1. The largest absolute Gasteiger partial charge is 0.438 e. The lowest BCUT2D eigenvalue weighted by molar-refractivity contribution is -0.170. The van der Waals surface area contributed by atoms with Crippen molar-refractivity contribution in [1.29, 1.82) is 0 Å². The SMILES string of the molecule is CCCC(=O)OCOCC1OCC(n2ccc(N)nc2=O)O1. The molecule has 0 aliphatic carbocycles. The van der Waals surface area contributed by atoms with Crippen molar-refractivity contribution >= 4 is 11.8 Å². The molecule has 2 unspecified atom stereocenters. The van der Waals surface area contributed by atoms with Crippen molar-refractivity contribution in [2.75, 3.05) is 25.7 Å². The second-order valence-electron chi connectivity index (χ2n) is 4.65. The number of aromatic nitrogens is 2. The Kier molecular flexibility index (Phi) is 5.87. The van der Waals surface area contributed by atoms with Crippen molar-refractivity contribution < 1.29 is 23.7 Å². The molecule has 22 heavy (non-hydrogen) atoms.